The van der Waals surface area contributed by atoms with Crippen LogP contribution < -0.4 is 15.0 Å². The summed E-state index contributed by atoms with van der Waals surface area (Å²) in [6, 6.07) is 8.21. The lowest BCUT2D eigenvalue weighted by molar-refractivity contribution is 0.367. The Bertz CT molecular complexity index is 809. The van der Waals surface area contributed by atoms with Gasteiger partial charge >= 0.3 is 0 Å². The highest BCUT2D eigenvalue weighted by atomic mass is 127. The highest BCUT2D eigenvalue weighted by Gasteiger charge is 2.22. The van der Waals surface area contributed by atoms with Gasteiger partial charge in [-0.25, -0.2) is 4.98 Å². The average molecular weight is 529 g/mol. The highest BCUT2D eigenvalue weighted by molar-refractivity contribution is 14.0. The second-order valence-corrected chi connectivity index (χ2v) is 8.87. The van der Waals surface area contributed by atoms with E-state index in [1.54, 1.807) is 18.4 Å². The molecule has 2 heterocycles. The number of ether oxygens (including phenoxy) is 1. The van der Waals surface area contributed by atoms with E-state index in [4.69, 9.17) is 9.72 Å². The summed E-state index contributed by atoms with van der Waals surface area (Å²) in [6.07, 6.45) is 0. The Hall–Kier alpha value is -1.55. The van der Waals surface area contributed by atoms with Crippen LogP contribution in [0.3, 0.4) is 0 Å². The Kier molecular flexibility index (Phi) is 8.57. The number of nitrogens with one attached hydrogen (secondary N) is 1. The first-order chi connectivity index (χ1) is 13.4. The predicted molar refractivity (Wildman–Crippen MR) is 133 cm³/mol. The van der Waals surface area contributed by atoms with Gasteiger partial charge in [0.25, 0.3) is 0 Å². The molecule has 0 amide bonds. The zero-order valence-electron chi connectivity index (χ0n) is 17.9. The minimum absolute atomic E-state index is 0. The molecule has 6 nitrogen and oxygen atoms in total. The smallest absolute Gasteiger partial charge is 0.194 e. The van der Waals surface area contributed by atoms with Crippen molar-refractivity contribution in [2.24, 2.45) is 4.99 Å². The fourth-order valence-electron chi connectivity index (χ4n) is 3.27. The molecule has 0 unspecified atom stereocenters. The van der Waals surface area contributed by atoms with E-state index >= 15 is 0 Å². The van der Waals surface area contributed by atoms with Crippen LogP contribution in [-0.4, -0.2) is 56.2 Å². The van der Waals surface area contributed by atoms with Gasteiger partial charge in [0.05, 0.1) is 25.0 Å². The first kappa shape index (κ1) is 23.7. The number of aliphatic imine (C=N–C) groups is 1. The third-order valence-corrected chi connectivity index (χ3v) is 5.78. The van der Waals surface area contributed by atoms with Gasteiger partial charge < -0.3 is 19.9 Å². The Balaban J connectivity index is 0.00000300. The molecule has 8 heteroatoms. The Morgan fingerprint density at radius 1 is 1.21 bits per heavy atom. The van der Waals surface area contributed by atoms with Crippen LogP contribution >= 0.6 is 35.3 Å². The maximum Gasteiger partial charge on any atom is 0.194 e. The maximum absolute atomic E-state index is 5.51. The zero-order chi connectivity index (χ0) is 20.1. The number of hydrogen-bond acceptors (Lipinski definition) is 5. The number of aromatic nitrogens is 1. The third kappa shape index (κ3) is 5.97. The van der Waals surface area contributed by atoms with E-state index in [2.05, 4.69) is 58.4 Å². The number of rotatable bonds is 4. The first-order valence-electron chi connectivity index (χ1n) is 9.71. The number of thiazole rings is 1. The van der Waals surface area contributed by atoms with Gasteiger partial charge in [0.15, 0.2) is 5.96 Å². The third-order valence-electron chi connectivity index (χ3n) is 4.93. The molecule has 1 aliphatic heterocycles. The summed E-state index contributed by atoms with van der Waals surface area (Å²) in [6.45, 7) is 11.0. The van der Waals surface area contributed by atoms with Crippen LogP contribution in [-0.2, 0) is 12.0 Å². The summed E-state index contributed by atoms with van der Waals surface area (Å²) in [7, 11) is 3.57. The summed E-state index contributed by atoms with van der Waals surface area (Å²) in [5.41, 5.74) is 2.39. The van der Waals surface area contributed by atoms with Crippen molar-refractivity contribution in [2.45, 2.75) is 32.7 Å². The lowest BCUT2D eigenvalue weighted by atomic mass is 9.93. The Morgan fingerprint density at radius 2 is 1.90 bits per heavy atom. The van der Waals surface area contributed by atoms with Gasteiger partial charge in [0, 0.05) is 44.0 Å². The molecule has 3 rings (SSSR count). The van der Waals surface area contributed by atoms with E-state index in [0.717, 1.165) is 54.3 Å². The second kappa shape index (κ2) is 10.5. The topological polar surface area (TPSA) is 53.0 Å². The molecule has 0 aliphatic carbocycles. The summed E-state index contributed by atoms with van der Waals surface area (Å²) in [4.78, 5) is 13.9. The standard InChI is InChI=1S/C21H31N5OS.HI/c1-21(2,3)18-15-28-19(24-18)14-23-20(22-4)26-12-10-25(11-13-26)16-8-6-7-9-17(16)27-5;/h6-9,15H,10-14H2,1-5H3,(H,22,23);1H. The predicted octanol–water partition coefficient (Wildman–Crippen LogP) is 3.96. The van der Waals surface area contributed by atoms with E-state index in [0.29, 0.717) is 6.54 Å². The molecule has 0 radical (unpaired) electrons. The summed E-state index contributed by atoms with van der Waals surface area (Å²) >= 11 is 1.71. The average Bonchev–Trinajstić information content (AvgIpc) is 3.18. The van der Waals surface area contributed by atoms with Crippen molar-refractivity contribution in [3.05, 3.63) is 40.3 Å². The molecule has 160 valence electrons. The number of methoxy groups -OCH3 is 1. The molecule has 1 aliphatic rings. The molecule has 1 aromatic heterocycles. The van der Waals surface area contributed by atoms with Crippen LogP contribution in [0.15, 0.2) is 34.6 Å². The van der Waals surface area contributed by atoms with Crippen LogP contribution in [0, 0.1) is 0 Å². The van der Waals surface area contributed by atoms with E-state index in [1.165, 1.54) is 0 Å². The van der Waals surface area contributed by atoms with Crippen molar-refractivity contribution < 1.29 is 4.74 Å². The van der Waals surface area contributed by atoms with Crippen LogP contribution in [0.4, 0.5) is 5.69 Å². The molecular formula is C21H32IN5OS. The fraction of sp³-hybridized carbons (Fsp3) is 0.524. The number of piperazine rings is 1. The van der Waals surface area contributed by atoms with Crippen LogP contribution in [0.1, 0.15) is 31.5 Å². The Morgan fingerprint density at radius 3 is 2.48 bits per heavy atom. The molecule has 1 saturated heterocycles. The first-order valence-corrected chi connectivity index (χ1v) is 10.6. The number of hydrogen-bond donors (Lipinski definition) is 1. The normalized spacial score (nSPS) is 15.1. The number of benzene rings is 1. The fourth-order valence-corrected chi connectivity index (χ4v) is 4.23. The van der Waals surface area contributed by atoms with Crippen LogP contribution in [0.5, 0.6) is 5.75 Å². The molecule has 1 aromatic carbocycles. The Labute approximate surface area is 195 Å². The highest BCUT2D eigenvalue weighted by Crippen LogP contribution is 2.28. The van der Waals surface area contributed by atoms with Gasteiger partial charge in [-0.3, -0.25) is 4.99 Å². The molecule has 29 heavy (non-hydrogen) atoms. The van der Waals surface area contributed by atoms with Crippen LogP contribution in [0.25, 0.3) is 0 Å². The molecule has 1 N–H and O–H groups in total. The minimum atomic E-state index is 0. The number of halogens is 1. The number of anilines is 1. The van der Waals surface area contributed by atoms with Gasteiger partial charge in [-0.15, -0.1) is 35.3 Å². The zero-order valence-corrected chi connectivity index (χ0v) is 21.1. The monoisotopic (exact) mass is 529 g/mol. The van der Waals surface area contributed by atoms with E-state index < -0.39 is 0 Å². The molecule has 2 aromatic rings. The molecule has 0 saturated carbocycles. The van der Waals surface area contributed by atoms with Crippen molar-refractivity contribution in [3.63, 3.8) is 0 Å². The molecule has 0 spiro atoms. The van der Waals surface area contributed by atoms with Crippen molar-refractivity contribution in [3.8, 4) is 5.75 Å². The van der Waals surface area contributed by atoms with Gasteiger partial charge in [-0.2, -0.15) is 0 Å². The van der Waals surface area contributed by atoms with E-state index in [-0.39, 0.29) is 29.4 Å². The maximum atomic E-state index is 5.51. The summed E-state index contributed by atoms with van der Waals surface area (Å²) in [5.74, 6) is 1.86. The summed E-state index contributed by atoms with van der Waals surface area (Å²) in [5, 5.41) is 6.73. The van der Waals surface area contributed by atoms with Gasteiger partial charge in [0.2, 0.25) is 0 Å². The molecule has 0 atom stereocenters. The van der Waals surface area contributed by atoms with Crippen molar-refractivity contribution in [1.82, 2.24) is 15.2 Å². The SMILES string of the molecule is CN=C(NCc1nc(C(C)(C)C)cs1)N1CCN(c2ccccc2OC)CC1.I. The molecule has 1 fully saturated rings. The van der Waals surface area contributed by atoms with Gasteiger partial charge in [-0.1, -0.05) is 32.9 Å². The molecule has 0 bridgehead atoms. The van der Waals surface area contributed by atoms with Gasteiger partial charge in [-0.05, 0) is 12.1 Å². The van der Waals surface area contributed by atoms with Crippen molar-refractivity contribution in [1.29, 1.82) is 0 Å². The number of nitrogens with zero attached hydrogens (tertiary/aromatic N) is 4. The van der Waals surface area contributed by atoms with Crippen molar-refractivity contribution >= 4 is 47.0 Å². The minimum Gasteiger partial charge on any atom is -0.495 e. The van der Waals surface area contributed by atoms with E-state index in [1.807, 2.05) is 19.2 Å². The molecular weight excluding hydrogens is 497 g/mol. The second-order valence-electron chi connectivity index (χ2n) is 7.92. The lowest BCUT2D eigenvalue weighted by Gasteiger charge is -2.38. The largest absolute Gasteiger partial charge is 0.495 e. The quantitative estimate of drug-likeness (QED) is 0.369. The van der Waals surface area contributed by atoms with Crippen LogP contribution in [0.2, 0.25) is 0 Å². The van der Waals surface area contributed by atoms with Crippen molar-refractivity contribution in [2.75, 3.05) is 45.2 Å². The lowest BCUT2D eigenvalue weighted by Crippen LogP contribution is -2.52. The number of guanidine groups is 1. The summed E-state index contributed by atoms with van der Waals surface area (Å²) < 4.78 is 5.51. The van der Waals surface area contributed by atoms with Gasteiger partial charge in [0.1, 0.15) is 10.8 Å². The van der Waals surface area contributed by atoms with E-state index in [9.17, 15) is 0 Å². The number of para-hydroxylation sites is 2.